The molecule has 0 amide bonds. The van der Waals surface area contributed by atoms with E-state index >= 15 is 0 Å². The highest BCUT2D eigenvalue weighted by molar-refractivity contribution is 5.73. The molecule has 0 bridgehead atoms. The van der Waals surface area contributed by atoms with E-state index in [0.29, 0.717) is 12.5 Å². The van der Waals surface area contributed by atoms with Gasteiger partial charge in [0, 0.05) is 13.7 Å². The molecule has 1 heterocycles. The van der Waals surface area contributed by atoms with Gasteiger partial charge < -0.3 is 14.9 Å². The number of aryl methyl sites for hydroxylation is 1. The van der Waals surface area contributed by atoms with Gasteiger partial charge in [-0.05, 0) is 37.0 Å². The molecule has 1 aromatic heterocycles. The normalized spacial score (nSPS) is 13.1. The lowest BCUT2D eigenvalue weighted by atomic mass is 10.1. The third-order valence-electron chi connectivity index (χ3n) is 3.06. The van der Waals surface area contributed by atoms with Crippen molar-refractivity contribution in [1.29, 1.82) is 0 Å². The number of rotatable bonds is 6. The first kappa shape index (κ1) is 13.1. The molecule has 0 aliphatic carbocycles. The molecular weight excluding hydrogens is 228 g/mol. The van der Waals surface area contributed by atoms with Crippen molar-refractivity contribution in [1.82, 2.24) is 4.98 Å². The van der Waals surface area contributed by atoms with E-state index in [1.165, 1.54) is 5.56 Å². The van der Waals surface area contributed by atoms with E-state index in [4.69, 9.17) is 14.9 Å². The van der Waals surface area contributed by atoms with Crippen molar-refractivity contribution in [2.24, 2.45) is 5.73 Å². The smallest absolute Gasteiger partial charge is 0.212 e. The number of nitrogens with two attached hydrogens (primary N) is 1. The number of ether oxygens (including phenoxy) is 1. The molecular formula is C14H20N2O2. The minimum atomic E-state index is -0.155. The van der Waals surface area contributed by atoms with Gasteiger partial charge in [-0.15, -0.1) is 0 Å². The van der Waals surface area contributed by atoms with Crippen LogP contribution >= 0.6 is 0 Å². The zero-order chi connectivity index (χ0) is 13.0. The van der Waals surface area contributed by atoms with E-state index in [2.05, 4.69) is 24.0 Å². The first-order chi connectivity index (χ1) is 8.74. The molecule has 4 heteroatoms. The molecule has 1 aromatic carbocycles. The van der Waals surface area contributed by atoms with Crippen molar-refractivity contribution in [2.75, 3.05) is 13.7 Å². The summed E-state index contributed by atoms with van der Waals surface area (Å²) in [6, 6.07) is 5.93. The predicted octanol–water partition coefficient (Wildman–Crippen LogP) is 2.82. The van der Waals surface area contributed by atoms with Crippen LogP contribution < -0.4 is 5.73 Å². The molecule has 2 N–H and O–H groups in total. The fourth-order valence-corrected chi connectivity index (χ4v) is 1.94. The van der Waals surface area contributed by atoms with Crippen LogP contribution in [-0.2, 0) is 11.2 Å². The summed E-state index contributed by atoms with van der Waals surface area (Å²) in [7, 11) is 1.69. The molecule has 1 unspecified atom stereocenters. The van der Waals surface area contributed by atoms with Crippen LogP contribution in [0.4, 0.5) is 0 Å². The fraction of sp³-hybridized carbons (Fsp3) is 0.500. The molecule has 0 saturated heterocycles. The Balaban J connectivity index is 2.13. The van der Waals surface area contributed by atoms with E-state index in [1.807, 2.05) is 6.07 Å². The lowest BCUT2D eigenvalue weighted by Crippen LogP contribution is -2.11. The average Bonchev–Trinajstić information content (AvgIpc) is 2.81. The second-order valence-electron chi connectivity index (χ2n) is 4.45. The summed E-state index contributed by atoms with van der Waals surface area (Å²) in [6.45, 7) is 2.84. The summed E-state index contributed by atoms with van der Waals surface area (Å²) < 4.78 is 10.7. The highest BCUT2D eigenvalue weighted by Gasteiger charge is 2.13. The minimum Gasteiger partial charge on any atom is -0.439 e. The average molecular weight is 248 g/mol. The Morgan fingerprint density at radius 2 is 2.28 bits per heavy atom. The molecule has 0 fully saturated rings. The number of methoxy groups -OCH3 is 1. The Morgan fingerprint density at radius 1 is 1.44 bits per heavy atom. The summed E-state index contributed by atoms with van der Waals surface area (Å²) in [5.74, 6) is 0.620. The highest BCUT2D eigenvalue weighted by Crippen LogP contribution is 2.22. The quantitative estimate of drug-likeness (QED) is 0.798. The third kappa shape index (κ3) is 2.89. The lowest BCUT2D eigenvalue weighted by Gasteiger charge is -2.05. The van der Waals surface area contributed by atoms with Gasteiger partial charge in [0.15, 0.2) is 5.58 Å². The highest BCUT2D eigenvalue weighted by atomic mass is 16.5. The number of fused-ring (bicyclic) bond motifs is 1. The van der Waals surface area contributed by atoms with Crippen LogP contribution in [0, 0.1) is 0 Å². The van der Waals surface area contributed by atoms with Gasteiger partial charge >= 0.3 is 0 Å². The van der Waals surface area contributed by atoms with Crippen LogP contribution in [0.5, 0.6) is 0 Å². The summed E-state index contributed by atoms with van der Waals surface area (Å²) >= 11 is 0. The number of oxazole rings is 1. The van der Waals surface area contributed by atoms with Gasteiger partial charge in [-0.25, -0.2) is 4.98 Å². The largest absolute Gasteiger partial charge is 0.439 e. The van der Waals surface area contributed by atoms with Crippen molar-refractivity contribution in [3.63, 3.8) is 0 Å². The Bertz CT molecular complexity index is 507. The van der Waals surface area contributed by atoms with Crippen molar-refractivity contribution in [3.8, 4) is 0 Å². The number of hydrogen-bond donors (Lipinski definition) is 1. The van der Waals surface area contributed by atoms with Gasteiger partial charge in [0.1, 0.15) is 5.52 Å². The zero-order valence-corrected chi connectivity index (χ0v) is 11.0. The van der Waals surface area contributed by atoms with Gasteiger partial charge in [-0.2, -0.15) is 0 Å². The molecule has 18 heavy (non-hydrogen) atoms. The molecule has 0 aliphatic heterocycles. The van der Waals surface area contributed by atoms with E-state index < -0.39 is 0 Å². The summed E-state index contributed by atoms with van der Waals surface area (Å²) in [5.41, 5.74) is 9.02. The molecule has 0 spiro atoms. The van der Waals surface area contributed by atoms with Crippen LogP contribution in [0.2, 0.25) is 0 Å². The fourth-order valence-electron chi connectivity index (χ4n) is 1.94. The summed E-state index contributed by atoms with van der Waals surface area (Å²) in [5, 5.41) is 0. The van der Waals surface area contributed by atoms with Gasteiger partial charge in [0.2, 0.25) is 5.89 Å². The number of nitrogens with zero attached hydrogens (tertiary/aromatic N) is 1. The van der Waals surface area contributed by atoms with Crippen LogP contribution in [0.1, 0.15) is 37.3 Å². The number of benzene rings is 1. The summed E-state index contributed by atoms with van der Waals surface area (Å²) in [6.07, 6.45) is 2.73. The van der Waals surface area contributed by atoms with Gasteiger partial charge in [0.25, 0.3) is 0 Å². The van der Waals surface area contributed by atoms with Gasteiger partial charge in [0.05, 0.1) is 6.04 Å². The van der Waals surface area contributed by atoms with Crippen LogP contribution in [0.3, 0.4) is 0 Å². The standard InChI is InChI=1S/C14H20N2O2/c1-3-10-6-7-13-12(9-10)16-14(18-13)11(15)5-4-8-17-2/h6-7,9,11H,3-5,8,15H2,1-2H3. The molecule has 0 radical (unpaired) electrons. The molecule has 1 atom stereocenters. The molecule has 0 aliphatic rings. The van der Waals surface area contributed by atoms with E-state index in [-0.39, 0.29) is 6.04 Å². The molecule has 98 valence electrons. The lowest BCUT2D eigenvalue weighted by molar-refractivity contribution is 0.189. The Kier molecular flexibility index (Phi) is 4.33. The number of aromatic nitrogens is 1. The van der Waals surface area contributed by atoms with E-state index in [1.54, 1.807) is 7.11 Å². The minimum absolute atomic E-state index is 0.155. The van der Waals surface area contributed by atoms with Crippen molar-refractivity contribution in [3.05, 3.63) is 29.7 Å². The first-order valence-corrected chi connectivity index (χ1v) is 6.38. The van der Waals surface area contributed by atoms with Crippen molar-refractivity contribution < 1.29 is 9.15 Å². The van der Waals surface area contributed by atoms with Crippen LogP contribution in [0.15, 0.2) is 22.6 Å². The number of hydrogen-bond acceptors (Lipinski definition) is 4. The molecule has 4 nitrogen and oxygen atoms in total. The first-order valence-electron chi connectivity index (χ1n) is 6.38. The van der Waals surface area contributed by atoms with Crippen LogP contribution in [0.25, 0.3) is 11.1 Å². The maximum absolute atomic E-state index is 6.06. The van der Waals surface area contributed by atoms with Gasteiger partial charge in [-0.1, -0.05) is 13.0 Å². The maximum Gasteiger partial charge on any atom is 0.212 e. The Labute approximate surface area is 107 Å². The van der Waals surface area contributed by atoms with Crippen LogP contribution in [-0.4, -0.2) is 18.7 Å². The second-order valence-corrected chi connectivity index (χ2v) is 4.45. The second kappa shape index (κ2) is 5.98. The molecule has 0 saturated carbocycles. The molecule has 2 rings (SSSR count). The zero-order valence-electron chi connectivity index (χ0n) is 11.0. The maximum atomic E-state index is 6.06. The van der Waals surface area contributed by atoms with E-state index in [9.17, 15) is 0 Å². The van der Waals surface area contributed by atoms with Crippen molar-refractivity contribution >= 4 is 11.1 Å². The third-order valence-corrected chi connectivity index (χ3v) is 3.06. The van der Waals surface area contributed by atoms with Gasteiger partial charge in [-0.3, -0.25) is 0 Å². The summed E-state index contributed by atoms with van der Waals surface area (Å²) in [4.78, 5) is 4.47. The Hall–Kier alpha value is -1.39. The topological polar surface area (TPSA) is 61.3 Å². The predicted molar refractivity (Wildman–Crippen MR) is 71.4 cm³/mol. The SMILES string of the molecule is CCc1ccc2oc(C(N)CCCOC)nc2c1. The Morgan fingerprint density at radius 3 is 3.00 bits per heavy atom. The molecule has 2 aromatic rings. The van der Waals surface area contributed by atoms with Crippen molar-refractivity contribution in [2.45, 2.75) is 32.2 Å². The monoisotopic (exact) mass is 248 g/mol. The van der Waals surface area contributed by atoms with E-state index in [0.717, 1.165) is 30.4 Å².